The van der Waals surface area contributed by atoms with Crippen molar-refractivity contribution in [1.29, 1.82) is 0 Å². The third kappa shape index (κ3) is 3.86. The van der Waals surface area contributed by atoms with E-state index in [2.05, 4.69) is 29.2 Å². The van der Waals surface area contributed by atoms with Crippen LogP contribution >= 0.6 is 0 Å². The molecule has 18 heavy (non-hydrogen) atoms. The first-order valence-electron chi connectivity index (χ1n) is 6.24. The van der Waals surface area contributed by atoms with Crippen LogP contribution in [0, 0.1) is 0 Å². The number of nitrogens with zero attached hydrogens (tertiary/aromatic N) is 1. The van der Waals surface area contributed by atoms with Gasteiger partial charge in [0.25, 0.3) is 0 Å². The third-order valence-electron chi connectivity index (χ3n) is 2.99. The summed E-state index contributed by atoms with van der Waals surface area (Å²) in [6.45, 7) is 0. The first kappa shape index (κ1) is 12.6. The summed E-state index contributed by atoms with van der Waals surface area (Å²) < 4.78 is 0. The highest BCUT2D eigenvalue weighted by atomic mass is 14.8. The molecule has 0 aliphatic heterocycles. The first-order valence-corrected chi connectivity index (χ1v) is 6.24. The highest BCUT2D eigenvalue weighted by Gasteiger charge is 2.05. The van der Waals surface area contributed by atoms with E-state index in [1.807, 2.05) is 18.2 Å². The van der Waals surface area contributed by atoms with E-state index in [0.29, 0.717) is 5.82 Å². The van der Waals surface area contributed by atoms with Crippen LogP contribution in [0.15, 0.2) is 48.7 Å². The molecule has 2 rings (SSSR count). The Hall–Kier alpha value is -1.87. The number of hydrogen-bond donors (Lipinski definition) is 2. The van der Waals surface area contributed by atoms with Gasteiger partial charge >= 0.3 is 0 Å². The number of rotatable bonds is 5. The van der Waals surface area contributed by atoms with E-state index in [4.69, 9.17) is 11.5 Å². The Morgan fingerprint density at radius 1 is 1.06 bits per heavy atom. The summed E-state index contributed by atoms with van der Waals surface area (Å²) in [4.78, 5) is 3.98. The van der Waals surface area contributed by atoms with E-state index in [0.717, 1.165) is 24.8 Å². The lowest BCUT2D eigenvalue weighted by Crippen LogP contribution is -2.23. The molecule has 1 heterocycles. The van der Waals surface area contributed by atoms with E-state index in [-0.39, 0.29) is 6.04 Å². The summed E-state index contributed by atoms with van der Waals surface area (Å²) in [5, 5.41) is 0. The predicted octanol–water partition coefficient (Wildman–Crippen LogP) is 2.17. The minimum absolute atomic E-state index is 0.159. The summed E-state index contributed by atoms with van der Waals surface area (Å²) in [7, 11) is 0. The fraction of sp³-hybridized carbons (Fsp3) is 0.267. The number of aromatic nitrogens is 1. The molecule has 0 radical (unpaired) electrons. The van der Waals surface area contributed by atoms with Crippen LogP contribution in [0.2, 0.25) is 0 Å². The van der Waals surface area contributed by atoms with E-state index in [1.54, 1.807) is 6.20 Å². The highest BCUT2D eigenvalue weighted by molar-refractivity contribution is 5.32. The molecule has 1 atom stereocenters. The number of benzene rings is 1. The molecule has 3 heteroatoms. The van der Waals surface area contributed by atoms with Crippen LogP contribution in [0.3, 0.4) is 0 Å². The maximum atomic E-state index is 6.14. The topological polar surface area (TPSA) is 64.9 Å². The lowest BCUT2D eigenvalue weighted by atomic mass is 10.0. The molecule has 0 fully saturated rings. The molecule has 0 aliphatic carbocycles. The third-order valence-corrected chi connectivity index (χ3v) is 2.99. The fourth-order valence-corrected chi connectivity index (χ4v) is 2.02. The van der Waals surface area contributed by atoms with Crippen molar-refractivity contribution in [1.82, 2.24) is 4.98 Å². The zero-order valence-electron chi connectivity index (χ0n) is 10.4. The minimum Gasteiger partial charge on any atom is -0.384 e. The molecule has 1 aromatic carbocycles. The molecular weight excluding hydrogens is 222 g/mol. The van der Waals surface area contributed by atoms with Crippen LogP contribution < -0.4 is 11.5 Å². The largest absolute Gasteiger partial charge is 0.384 e. The zero-order valence-corrected chi connectivity index (χ0v) is 10.4. The summed E-state index contributed by atoms with van der Waals surface area (Å²) in [6, 6.07) is 14.4. The number of nitrogens with two attached hydrogens (primary N) is 2. The molecular formula is C15H19N3. The smallest absolute Gasteiger partial charge is 0.123 e. The van der Waals surface area contributed by atoms with Crippen molar-refractivity contribution >= 4 is 5.82 Å². The number of hydrogen-bond acceptors (Lipinski definition) is 3. The Morgan fingerprint density at radius 2 is 1.83 bits per heavy atom. The van der Waals surface area contributed by atoms with Crippen LogP contribution in [-0.4, -0.2) is 11.0 Å². The van der Waals surface area contributed by atoms with Gasteiger partial charge in [-0.3, -0.25) is 0 Å². The van der Waals surface area contributed by atoms with Gasteiger partial charge in [0.2, 0.25) is 0 Å². The Morgan fingerprint density at radius 3 is 2.56 bits per heavy atom. The second-order valence-corrected chi connectivity index (χ2v) is 4.58. The van der Waals surface area contributed by atoms with Crippen LogP contribution in [0.5, 0.6) is 0 Å². The van der Waals surface area contributed by atoms with Crippen molar-refractivity contribution in [3.63, 3.8) is 0 Å². The van der Waals surface area contributed by atoms with Gasteiger partial charge in [-0.15, -0.1) is 0 Å². The quantitative estimate of drug-likeness (QED) is 0.843. The molecule has 0 spiro atoms. The van der Waals surface area contributed by atoms with E-state index in [1.165, 1.54) is 5.56 Å². The molecule has 0 bridgehead atoms. The van der Waals surface area contributed by atoms with Gasteiger partial charge in [0.05, 0.1) is 0 Å². The molecule has 94 valence electrons. The van der Waals surface area contributed by atoms with Crippen molar-refractivity contribution in [2.45, 2.75) is 25.3 Å². The SMILES string of the molecule is Nc1cc(CC(N)CCc2ccccc2)ccn1. The van der Waals surface area contributed by atoms with Gasteiger partial charge in [-0.1, -0.05) is 30.3 Å². The van der Waals surface area contributed by atoms with Crippen molar-refractivity contribution < 1.29 is 0 Å². The highest BCUT2D eigenvalue weighted by Crippen LogP contribution is 2.09. The summed E-state index contributed by atoms with van der Waals surface area (Å²) >= 11 is 0. The molecule has 1 unspecified atom stereocenters. The average Bonchev–Trinajstić information content (AvgIpc) is 2.38. The van der Waals surface area contributed by atoms with Gasteiger partial charge in [0, 0.05) is 12.2 Å². The number of anilines is 1. The maximum Gasteiger partial charge on any atom is 0.123 e. The Bertz CT molecular complexity index is 482. The molecule has 4 N–H and O–H groups in total. The Labute approximate surface area is 108 Å². The number of pyridine rings is 1. The van der Waals surface area contributed by atoms with Crippen molar-refractivity contribution in [3.05, 3.63) is 59.8 Å². The number of aryl methyl sites for hydroxylation is 1. The van der Waals surface area contributed by atoms with Crippen molar-refractivity contribution in [3.8, 4) is 0 Å². The summed E-state index contributed by atoms with van der Waals surface area (Å²) in [5.41, 5.74) is 14.3. The molecule has 0 amide bonds. The Balaban J connectivity index is 1.84. The standard InChI is InChI=1S/C15H19N3/c16-14(7-6-12-4-2-1-3-5-12)10-13-8-9-18-15(17)11-13/h1-5,8-9,11,14H,6-7,10,16H2,(H2,17,18). The van der Waals surface area contributed by atoms with Gasteiger partial charge in [-0.2, -0.15) is 0 Å². The van der Waals surface area contributed by atoms with Crippen molar-refractivity contribution in [2.75, 3.05) is 5.73 Å². The Kier molecular flexibility index (Phi) is 4.31. The summed E-state index contributed by atoms with van der Waals surface area (Å²) in [5.74, 6) is 0.558. The van der Waals surface area contributed by atoms with Gasteiger partial charge in [-0.05, 0) is 42.5 Å². The van der Waals surface area contributed by atoms with Gasteiger partial charge in [0.1, 0.15) is 5.82 Å². The zero-order chi connectivity index (χ0) is 12.8. The van der Waals surface area contributed by atoms with Gasteiger partial charge < -0.3 is 11.5 Å². The van der Waals surface area contributed by atoms with E-state index in [9.17, 15) is 0 Å². The fourth-order valence-electron chi connectivity index (χ4n) is 2.02. The minimum atomic E-state index is 0.159. The second-order valence-electron chi connectivity index (χ2n) is 4.58. The van der Waals surface area contributed by atoms with Crippen molar-refractivity contribution in [2.24, 2.45) is 5.73 Å². The molecule has 0 aliphatic rings. The molecule has 3 nitrogen and oxygen atoms in total. The lowest BCUT2D eigenvalue weighted by Gasteiger charge is -2.11. The normalized spacial score (nSPS) is 12.3. The first-order chi connectivity index (χ1) is 8.74. The second kappa shape index (κ2) is 6.17. The van der Waals surface area contributed by atoms with E-state index >= 15 is 0 Å². The van der Waals surface area contributed by atoms with Gasteiger partial charge in [-0.25, -0.2) is 4.98 Å². The lowest BCUT2D eigenvalue weighted by molar-refractivity contribution is 0.610. The molecule has 2 aromatic rings. The van der Waals surface area contributed by atoms with Crippen LogP contribution in [0.1, 0.15) is 17.5 Å². The van der Waals surface area contributed by atoms with Crippen LogP contribution in [0.25, 0.3) is 0 Å². The summed E-state index contributed by atoms with van der Waals surface area (Å²) in [6.07, 6.45) is 4.57. The van der Waals surface area contributed by atoms with Crippen LogP contribution in [0.4, 0.5) is 5.82 Å². The molecule has 1 aromatic heterocycles. The van der Waals surface area contributed by atoms with E-state index < -0.39 is 0 Å². The molecule has 0 saturated carbocycles. The number of nitrogen functional groups attached to an aromatic ring is 1. The monoisotopic (exact) mass is 241 g/mol. The molecule has 0 saturated heterocycles. The predicted molar refractivity (Wildman–Crippen MR) is 75.1 cm³/mol. The average molecular weight is 241 g/mol. The van der Waals surface area contributed by atoms with Gasteiger partial charge in [0.15, 0.2) is 0 Å². The maximum absolute atomic E-state index is 6.14. The van der Waals surface area contributed by atoms with Crippen LogP contribution in [-0.2, 0) is 12.8 Å².